The second-order valence-corrected chi connectivity index (χ2v) is 5.43. The van der Waals surface area contributed by atoms with Gasteiger partial charge in [-0.05, 0) is 29.1 Å². The molecule has 0 N–H and O–H groups in total. The highest BCUT2D eigenvalue weighted by atomic mass is 32.1. The van der Waals surface area contributed by atoms with Gasteiger partial charge in [0.2, 0.25) is 5.89 Å². The molecule has 2 aromatic carbocycles. The third-order valence-corrected chi connectivity index (χ3v) is 4.19. The molecule has 0 amide bonds. The number of benzene rings is 2. The van der Waals surface area contributed by atoms with E-state index in [1.54, 1.807) is 11.3 Å². The highest BCUT2D eigenvalue weighted by molar-refractivity contribution is 7.14. The van der Waals surface area contributed by atoms with E-state index in [9.17, 15) is 0 Å². The number of hydrogen-bond acceptors (Lipinski definition) is 3. The molecule has 0 aliphatic carbocycles. The molecule has 4 aromatic rings. The molecular formula is C17H11NOS. The number of rotatable bonds is 2. The minimum atomic E-state index is 0.686. The molecule has 0 unspecified atom stereocenters. The van der Waals surface area contributed by atoms with E-state index in [0.717, 1.165) is 16.7 Å². The molecule has 0 atom stereocenters. The van der Waals surface area contributed by atoms with Gasteiger partial charge < -0.3 is 4.42 Å². The molecule has 20 heavy (non-hydrogen) atoms. The van der Waals surface area contributed by atoms with Crippen LogP contribution in [0.1, 0.15) is 0 Å². The SMILES string of the molecule is c1ccc(-c2sccc2-c2nc3ccccc3o2)cc1. The molecule has 2 aromatic heterocycles. The summed E-state index contributed by atoms with van der Waals surface area (Å²) >= 11 is 1.71. The molecule has 4 rings (SSSR count). The summed E-state index contributed by atoms with van der Waals surface area (Å²) in [6.07, 6.45) is 0. The van der Waals surface area contributed by atoms with Crippen molar-refractivity contribution in [3.63, 3.8) is 0 Å². The van der Waals surface area contributed by atoms with Gasteiger partial charge in [0.25, 0.3) is 0 Å². The van der Waals surface area contributed by atoms with Gasteiger partial charge in [-0.1, -0.05) is 42.5 Å². The van der Waals surface area contributed by atoms with Crippen LogP contribution in [0.2, 0.25) is 0 Å². The number of aromatic nitrogens is 1. The van der Waals surface area contributed by atoms with Gasteiger partial charge in [-0.2, -0.15) is 0 Å². The average molecular weight is 277 g/mol. The maximum absolute atomic E-state index is 5.87. The topological polar surface area (TPSA) is 26.0 Å². The third-order valence-electron chi connectivity index (χ3n) is 3.23. The molecule has 0 saturated heterocycles. The van der Waals surface area contributed by atoms with Crippen molar-refractivity contribution in [3.05, 3.63) is 66.0 Å². The van der Waals surface area contributed by atoms with E-state index in [2.05, 4.69) is 28.6 Å². The summed E-state index contributed by atoms with van der Waals surface area (Å²) in [6.45, 7) is 0. The lowest BCUT2D eigenvalue weighted by Crippen LogP contribution is -1.78. The van der Waals surface area contributed by atoms with Crippen LogP contribution in [0, 0.1) is 0 Å². The maximum Gasteiger partial charge on any atom is 0.228 e. The summed E-state index contributed by atoms with van der Waals surface area (Å²) in [4.78, 5) is 5.77. The Bertz CT molecular complexity index is 828. The van der Waals surface area contributed by atoms with E-state index in [4.69, 9.17) is 4.42 Å². The summed E-state index contributed by atoms with van der Waals surface area (Å²) in [5, 5.41) is 2.08. The van der Waals surface area contributed by atoms with Crippen LogP contribution in [0.3, 0.4) is 0 Å². The molecule has 0 bridgehead atoms. The fourth-order valence-electron chi connectivity index (χ4n) is 2.28. The second-order valence-electron chi connectivity index (χ2n) is 4.52. The van der Waals surface area contributed by atoms with E-state index < -0.39 is 0 Å². The highest BCUT2D eigenvalue weighted by Gasteiger charge is 2.14. The van der Waals surface area contributed by atoms with E-state index in [-0.39, 0.29) is 0 Å². The van der Waals surface area contributed by atoms with Crippen molar-refractivity contribution >= 4 is 22.4 Å². The molecule has 3 heteroatoms. The Morgan fingerprint density at radius 1 is 0.850 bits per heavy atom. The van der Waals surface area contributed by atoms with Gasteiger partial charge in [-0.25, -0.2) is 4.98 Å². The summed E-state index contributed by atoms with van der Waals surface area (Å²) < 4.78 is 5.87. The molecule has 0 aliphatic rings. The predicted molar refractivity (Wildman–Crippen MR) is 82.8 cm³/mol. The first kappa shape index (κ1) is 11.4. The monoisotopic (exact) mass is 277 g/mol. The van der Waals surface area contributed by atoms with Crippen LogP contribution in [0.5, 0.6) is 0 Å². The number of thiophene rings is 1. The fraction of sp³-hybridized carbons (Fsp3) is 0. The summed E-state index contributed by atoms with van der Waals surface area (Å²) in [5.74, 6) is 0.686. The average Bonchev–Trinajstić information content (AvgIpc) is 3.14. The Morgan fingerprint density at radius 2 is 1.65 bits per heavy atom. The largest absolute Gasteiger partial charge is 0.436 e. The first-order chi connectivity index (χ1) is 9.92. The van der Waals surface area contributed by atoms with Crippen LogP contribution in [0.4, 0.5) is 0 Å². The molecule has 2 nitrogen and oxygen atoms in total. The molecule has 2 heterocycles. The van der Waals surface area contributed by atoms with Crippen molar-refractivity contribution in [2.24, 2.45) is 0 Å². The summed E-state index contributed by atoms with van der Waals surface area (Å²) in [6, 6.07) is 20.3. The lowest BCUT2D eigenvalue weighted by atomic mass is 10.1. The lowest BCUT2D eigenvalue weighted by Gasteiger charge is -2.00. The predicted octanol–water partition coefficient (Wildman–Crippen LogP) is 5.22. The zero-order valence-corrected chi connectivity index (χ0v) is 11.4. The molecule has 0 radical (unpaired) electrons. The van der Waals surface area contributed by atoms with E-state index >= 15 is 0 Å². The Balaban J connectivity index is 1.89. The van der Waals surface area contributed by atoms with Crippen LogP contribution in [0.25, 0.3) is 33.0 Å². The maximum atomic E-state index is 5.87. The van der Waals surface area contributed by atoms with Crippen molar-refractivity contribution in [3.8, 4) is 21.9 Å². The Morgan fingerprint density at radius 3 is 2.50 bits per heavy atom. The van der Waals surface area contributed by atoms with Crippen molar-refractivity contribution in [1.29, 1.82) is 0 Å². The van der Waals surface area contributed by atoms with Gasteiger partial charge in [0, 0.05) is 4.88 Å². The quantitative estimate of drug-likeness (QED) is 0.502. The van der Waals surface area contributed by atoms with Crippen LogP contribution >= 0.6 is 11.3 Å². The Labute approximate surface area is 120 Å². The molecular weight excluding hydrogens is 266 g/mol. The number of fused-ring (bicyclic) bond motifs is 1. The number of nitrogens with zero attached hydrogens (tertiary/aromatic N) is 1. The highest BCUT2D eigenvalue weighted by Crippen LogP contribution is 2.37. The van der Waals surface area contributed by atoms with E-state index in [1.807, 2.05) is 42.5 Å². The smallest absolute Gasteiger partial charge is 0.228 e. The molecule has 0 spiro atoms. The second kappa shape index (κ2) is 4.62. The lowest BCUT2D eigenvalue weighted by molar-refractivity contribution is 0.620. The van der Waals surface area contributed by atoms with Crippen LogP contribution in [-0.2, 0) is 0 Å². The van der Waals surface area contributed by atoms with Gasteiger partial charge in [-0.3, -0.25) is 0 Å². The standard InChI is InChI=1S/C17H11NOS/c1-2-6-12(7-3-1)16-13(10-11-20-16)17-18-14-8-4-5-9-15(14)19-17/h1-11H. The van der Waals surface area contributed by atoms with E-state index in [0.29, 0.717) is 5.89 Å². The van der Waals surface area contributed by atoms with Crippen molar-refractivity contribution < 1.29 is 4.42 Å². The Kier molecular flexibility index (Phi) is 2.64. The number of hydrogen-bond donors (Lipinski definition) is 0. The molecule has 0 aliphatic heterocycles. The van der Waals surface area contributed by atoms with Gasteiger partial charge in [-0.15, -0.1) is 11.3 Å². The van der Waals surface area contributed by atoms with Crippen LogP contribution in [-0.4, -0.2) is 4.98 Å². The number of oxazole rings is 1. The third kappa shape index (κ3) is 1.84. The molecule has 0 saturated carbocycles. The normalized spacial score (nSPS) is 11.0. The van der Waals surface area contributed by atoms with Crippen molar-refractivity contribution in [2.75, 3.05) is 0 Å². The van der Waals surface area contributed by atoms with Gasteiger partial charge in [0.05, 0.1) is 5.56 Å². The van der Waals surface area contributed by atoms with Crippen LogP contribution < -0.4 is 0 Å². The molecule has 96 valence electrons. The van der Waals surface area contributed by atoms with Crippen LogP contribution in [0.15, 0.2) is 70.5 Å². The molecule has 0 fully saturated rings. The minimum absolute atomic E-state index is 0.686. The van der Waals surface area contributed by atoms with Gasteiger partial charge in [0.15, 0.2) is 5.58 Å². The zero-order chi connectivity index (χ0) is 13.4. The Hall–Kier alpha value is -2.39. The summed E-state index contributed by atoms with van der Waals surface area (Å²) in [7, 11) is 0. The summed E-state index contributed by atoms with van der Waals surface area (Å²) in [5.41, 5.74) is 3.97. The van der Waals surface area contributed by atoms with Crippen molar-refractivity contribution in [2.45, 2.75) is 0 Å². The number of para-hydroxylation sites is 2. The first-order valence-electron chi connectivity index (χ1n) is 6.41. The minimum Gasteiger partial charge on any atom is -0.436 e. The zero-order valence-electron chi connectivity index (χ0n) is 10.6. The van der Waals surface area contributed by atoms with Crippen molar-refractivity contribution in [1.82, 2.24) is 4.98 Å². The van der Waals surface area contributed by atoms with E-state index in [1.165, 1.54) is 10.4 Å². The fourth-order valence-corrected chi connectivity index (χ4v) is 3.17. The van der Waals surface area contributed by atoms with Gasteiger partial charge in [0.1, 0.15) is 5.52 Å². The van der Waals surface area contributed by atoms with Gasteiger partial charge >= 0.3 is 0 Å². The first-order valence-corrected chi connectivity index (χ1v) is 7.28.